The van der Waals surface area contributed by atoms with Gasteiger partial charge in [-0.3, -0.25) is 4.79 Å². The Kier molecular flexibility index (Phi) is 6.17. The normalized spacial score (nSPS) is 18.3. The molecule has 0 atom stereocenters. The number of benzene rings is 1. The number of rotatable bonds is 5. The lowest BCUT2D eigenvalue weighted by molar-refractivity contribution is -0.118. The van der Waals surface area contributed by atoms with Gasteiger partial charge in [0.15, 0.2) is 0 Å². The van der Waals surface area contributed by atoms with Gasteiger partial charge in [0.25, 0.3) is 0 Å². The molecule has 1 fully saturated rings. The molecule has 0 unspecified atom stereocenters. The van der Waals surface area contributed by atoms with Crippen LogP contribution in [0.2, 0.25) is 0 Å². The van der Waals surface area contributed by atoms with Crippen molar-refractivity contribution in [3.05, 3.63) is 40.4 Å². The van der Waals surface area contributed by atoms with Gasteiger partial charge in [-0.2, -0.15) is 0 Å². The minimum atomic E-state index is -0.568. The van der Waals surface area contributed by atoms with Crippen LogP contribution in [0.15, 0.2) is 23.7 Å². The zero-order chi connectivity index (χ0) is 20.4. The van der Waals surface area contributed by atoms with Crippen LogP contribution in [0.5, 0.6) is 0 Å². The Morgan fingerprint density at radius 3 is 2.26 bits per heavy atom. The zero-order valence-corrected chi connectivity index (χ0v) is 17.1. The average molecular weight is 373 g/mol. The molecule has 0 saturated carbocycles. The number of hydrogen-bond donors (Lipinski definition) is 1. The first kappa shape index (κ1) is 21.2. The maximum Gasteiger partial charge on any atom is 0.492 e. The number of methoxy groups -OCH3 is 1. The monoisotopic (exact) mass is 373 g/mol. The molecule has 1 saturated heterocycles. The van der Waals surface area contributed by atoms with Crippen LogP contribution in [-0.4, -0.2) is 43.9 Å². The third-order valence-corrected chi connectivity index (χ3v) is 5.13. The first-order valence-corrected chi connectivity index (χ1v) is 8.96. The van der Waals surface area contributed by atoms with Crippen molar-refractivity contribution in [3.63, 3.8) is 0 Å². The van der Waals surface area contributed by atoms with Crippen LogP contribution in [0, 0.1) is 6.92 Å². The molecule has 0 bridgehead atoms. The van der Waals surface area contributed by atoms with Crippen molar-refractivity contribution in [2.24, 2.45) is 0 Å². The summed E-state index contributed by atoms with van der Waals surface area (Å²) in [5, 5.41) is 2.81. The number of amides is 1. The van der Waals surface area contributed by atoms with E-state index < -0.39 is 18.3 Å². The average Bonchev–Trinajstić information content (AvgIpc) is 2.79. The Labute approximate surface area is 161 Å². The summed E-state index contributed by atoms with van der Waals surface area (Å²) in [6, 6.07) is 5.34. The zero-order valence-electron chi connectivity index (χ0n) is 17.1. The molecule has 1 aliphatic heterocycles. The molecule has 1 amide bonds. The van der Waals surface area contributed by atoms with E-state index in [0.29, 0.717) is 12.1 Å². The van der Waals surface area contributed by atoms with Gasteiger partial charge in [-0.05, 0) is 63.4 Å². The van der Waals surface area contributed by atoms with E-state index in [1.54, 1.807) is 12.1 Å². The van der Waals surface area contributed by atoms with Gasteiger partial charge in [0.05, 0.1) is 23.9 Å². The van der Waals surface area contributed by atoms with Crippen LogP contribution in [0.1, 0.15) is 56.1 Å². The van der Waals surface area contributed by atoms with Gasteiger partial charge in [0, 0.05) is 13.5 Å². The smallest absolute Gasteiger partial charge is 0.465 e. The van der Waals surface area contributed by atoms with E-state index in [2.05, 4.69) is 5.32 Å². The lowest BCUT2D eigenvalue weighted by Crippen LogP contribution is -2.41. The maximum atomic E-state index is 11.7. The number of aryl methyl sites for hydroxylation is 1. The largest absolute Gasteiger partial charge is 0.492 e. The Bertz CT molecular complexity index is 754. The van der Waals surface area contributed by atoms with E-state index in [9.17, 15) is 9.59 Å². The van der Waals surface area contributed by atoms with Crippen LogP contribution in [0.3, 0.4) is 0 Å². The Hall–Kier alpha value is -2.12. The summed E-state index contributed by atoms with van der Waals surface area (Å²) >= 11 is 0. The van der Waals surface area contributed by atoms with Gasteiger partial charge in [-0.15, -0.1) is 0 Å². The Balaban J connectivity index is 2.37. The quantitative estimate of drug-likeness (QED) is 0.635. The molecule has 1 aromatic rings. The van der Waals surface area contributed by atoms with E-state index in [1.807, 2.05) is 46.8 Å². The number of carbonyl (C=O) groups is 2. The highest BCUT2D eigenvalue weighted by Crippen LogP contribution is 2.38. The molecule has 146 valence electrons. The lowest BCUT2D eigenvalue weighted by Gasteiger charge is -2.32. The van der Waals surface area contributed by atoms with Crippen molar-refractivity contribution >= 4 is 25.1 Å². The van der Waals surface area contributed by atoms with Crippen molar-refractivity contribution in [1.82, 2.24) is 5.32 Å². The van der Waals surface area contributed by atoms with E-state index in [-0.39, 0.29) is 11.9 Å². The minimum Gasteiger partial charge on any atom is -0.465 e. The Morgan fingerprint density at radius 1 is 1.19 bits per heavy atom. The predicted octanol–water partition coefficient (Wildman–Crippen LogP) is 2.93. The molecule has 2 rings (SSSR count). The van der Waals surface area contributed by atoms with Crippen LogP contribution in [0.25, 0.3) is 6.08 Å². The fraction of sp³-hybridized carbons (Fsp3) is 0.500. The van der Waals surface area contributed by atoms with Crippen LogP contribution >= 0.6 is 0 Å². The third kappa shape index (κ3) is 4.79. The van der Waals surface area contributed by atoms with Crippen LogP contribution in [0.4, 0.5) is 0 Å². The molecule has 0 spiro atoms. The number of carbonyl (C=O) groups excluding carboxylic acids is 2. The number of nitrogens with one attached hydrogen (secondary N) is 1. The molecule has 1 aliphatic rings. The standard InChI is InChI=1S/C20H28BNO5/c1-13-10-16(18(24)25-7)9-8-15(13)11-17(12-22-14(2)23)21-26-19(3,4)20(5,6)27-21/h8-11H,12H2,1-7H3,(H,22,23). The summed E-state index contributed by atoms with van der Waals surface area (Å²) in [5.41, 5.74) is 2.17. The first-order valence-electron chi connectivity index (χ1n) is 8.96. The fourth-order valence-electron chi connectivity index (χ4n) is 2.71. The second kappa shape index (κ2) is 7.86. The molecular formula is C20H28BNO5. The Morgan fingerprint density at radius 2 is 1.78 bits per heavy atom. The predicted molar refractivity (Wildman–Crippen MR) is 105 cm³/mol. The second-order valence-electron chi connectivity index (χ2n) is 7.78. The first-order chi connectivity index (χ1) is 12.5. The number of hydrogen-bond acceptors (Lipinski definition) is 5. The highest BCUT2D eigenvalue weighted by Gasteiger charge is 2.52. The van der Waals surface area contributed by atoms with Crippen molar-refractivity contribution in [3.8, 4) is 0 Å². The van der Waals surface area contributed by atoms with E-state index in [1.165, 1.54) is 14.0 Å². The molecule has 1 heterocycles. The van der Waals surface area contributed by atoms with Crippen molar-refractivity contribution in [2.45, 2.75) is 52.7 Å². The molecule has 1 aromatic carbocycles. The number of ether oxygens (including phenoxy) is 1. The third-order valence-electron chi connectivity index (χ3n) is 5.13. The molecule has 0 radical (unpaired) electrons. The summed E-state index contributed by atoms with van der Waals surface area (Å²) in [5.74, 6) is -0.506. The van der Waals surface area contributed by atoms with Crippen molar-refractivity contribution in [1.29, 1.82) is 0 Å². The molecule has 27 heavy (non-hydrogen) atoms. The SMILES string of the molecule is COC(=O)c1ccc(C=C(CNC(C)=O)B2OC(C)(C)C(C)(C)O2)c(C)c1. The van der Waals surface area contributed by atoms with Gasteiger partial charge in [0.1, 0.15) is 0 Å². The van der Waals surface area contributed by atoms with Crippen molar-refractivity contribution in [2.75, 3.05) is 13.7 Å². The van der Waals surface area contributed by atoms with E-state index >= 15 is 0 Å². The molecule has 7 heteroatoms. The maximum absolute atomic E-state index is 11.7. The second-order valence-corrected chi connectivity index (χ2v) is 7.78. The molecule has 0 aromatic heterocycles. The van der Waals surface area contributed by atoms with Crippen LogP contribution in [-0.2, 0) is 18.8 Å². The summed E-state index contributed by atoms with van der Waals surface area (Å²) in [7, 11) is 0.788. The number of esters is 1. The fourth-order valence-corrected chi connectivity index (χ4v) is 2.71. The molecule has 1 N–H and O–H groups in total. The highest BCUT2D eigenvalue weighted by molar-refractivity contribution is 6.56. The van der Waals surface area contributed by atoms with Gasteiger partial charge in [0.2, 0.25) is 5.91 Å². The lowest BCUT2D eigenvalue weighted by atomic mass is 9.76. The van der Waals surface area contributed by atoms with Gasteiger partial charge in [-0.1, -0.05) is 12.1 Å². The molecular weight excluding hydrogens is 345 g/mol. The summed E-state index contributed by atoms with van der Waals surface area (Å²) in [6.45, 7) is 11.6. The molecule has 6 nitrogen and oxygen atoms in total. The van der Waals surface area contributed by atoms with Gasteiger partial charge >= 0.3 is 13.1 Å². The molecule has 0 aliphatic carbocycles. The summed E-state index contributed by atoms with van der Waals surface area (Å²) in [6.07, 6.45) is 1.94. The van der Waals surface area contributed by atoms with Crippen LogP contribution < -0.4 is 5.32 Å². The topological polar surface area (TPSA) is 73.9 Å². The van der Waals surface area contributed by atoms with Crippen molar-refractivity contribution < 1.29 is 23.6 Å². The highest BCUT2D eigenvalue weighted by atomic mass is 16.7. The summed E-state index contributed by atoms with van der Waals surface area (Å²) in [4.78, 5) is 23.1. The minimum absolute atomic E-state index is 0.129. The van der Waals surface area contributed by atoms with E-state index in [4.69, 9.17) is 14.0 Å². The van der Waals surface area contributed by atoms with Gasteiger partial charge < -0.3 is 19.4 Å². The summed E-state index contributed by atoms with van der Waals surface area (Å²) < 4.78 is 17.0. The van der Waals surface area contributed by atoms with E-state index in [0.717, 1.165) is 16.6 Å². The van der Waals surface area contributed by atoms with Gasteiger partial charge in [-0.25, -0.2) is 4.79 Å².